The van der Waals surface area contributed by atoms with Crippen LogP contribution >= 0.6 is 0 Å². The largest absolute Gasteiger partial charge is 0.507 e. The Labute approximate surface area is 215 Å². The maximum Gasteiger partial charge on any atom is 0.295 e. The molecule has 0 radical (unpaired) electrons. The zero-order valence-electron chi connectivity index (χ0n) is 20.7. The Hall–Kier alpha value is -4.33. The Morgan fingerprint density at radius 3 is 2.89 bits per heavy atom. The summed E-state index contributed by atoms with van der Waals surface area (Å²) >= 11 is 0. The van der Waals surface area contributed by atoms with E-state index < -0.39 is 17.7 Å². The number of ketones is 1. The van der Waals surface area contributed by atoms with Crippen molar-refractivity contribution in [1.29, 1.82) is 0 Å². The summed E-state index contributed by atoms with van der Waals surface area (Å²) in [6, 6.07) is 11.9. The van der Waals surface area contributed by atoms with Gasteiger partial charge in [0.15, 0.2) is 0 Å². The molecule has 37 heavy (non-hydrogen) atoms. The third-order valence-corrected chi connectivity index (χ3v) is 6.63. The molecule has 2 aliphatic rings. The lowest BCUT2D eigenvalue weighted by molar-refractivity contribution is -0.139. The van der Waals surface area contributed by atoms with Crippen LogP contribution in [0.1, 0.15) is 36.1 Å². The molecule has 190 valence electrons. The molecule has 0 aliphatic carbocycles. The predicted octanol–water partition coefficient (Wildman–Crippen LogP) is 4.28. The number of carbonyl (C=O) groups is 2. The summed E-state index contributed by atoms with van der Waals surface area (Å²) in [5.41, 5.74) is 2.20. The summed E-state index contributed by atoms with van der Waals surface area (Å²) in [7, 11) is 0. The fourth-order valence-corrected chi connectivity index (χ4v) is 4.95. The molecule has 1 amide bonds. The summed E-state index contributed by atoms with van der Waals surface area (Å²) < 4.78 is 13.4. The third-order valence-electron chi connectivity index (χ3n) is 6.63. The Balaban J connectivity index is 1.54. The first-order valence-electron chi connectivity index (χ1n) is 12.3. The fraction of sp³-hybridized carbons (Fsp3) is 0.276. The molecule has 0 saturated carbocycles. The Morgan fingerprint density at radius 2 is 2.11 bits per heavy atom. The summed E-state index contributed by atoms with van der Waals surface area (Å²) in [6.45, 7) is 6.96. The molecule has 5 rings (SSSR count). The SMILES string of the molecule is C=CCOc1cccc([C@H]2C(=C(O)c3ccc4c(c3)C[C@@H](C)O4)C(=O)C(=O)N2CCCn2ccnc2)c1. The minimum absolute atomic E-state index is 0.0479. The normalized spacial score (nSPS) is 20.1. The van der Waals surface area contributed by atoms with E-state index in [2.05, 4.69) is 11.6 Å². The highest BCUT2D eigenvalue weighted by molar-refractivity contribution is 6.46. The number of imidazole rings is 1. The number of aliphatic hydroxyl groups is 1. The number of aliphatic hydroxyl groups excluding tert-OH is 1. The van der Waals surface area contributed by atoms with Crippen molar-refractivity contribution in [2.75, 3.05) is 13.2 Å². The lowest BCUT2D eigenvalue weighted by Gasteiger charge is -2.26. The number of ether oxygens (including phenoxy) is 2. The first kappa shape index (κ1) is 24.4. The van der Waals surface area contributed by atoms with Gasteiger partial charge < -0.3 is 24.0 Å². The van der Waals surface area contributed by atoms with Crippen LogP contribution < -0.4 is 9.47 Å². The highest BCUT2D eigenvalue weighted by Crippen LogP contribution is 2.41. The van der Waals surface area contributed by atoms with Gasteiger partial charge in [-0.05, 0) is 54.8 Å². The molecule has 8 nitrogen and oxygen atoms in total. The minimum atomic E-state index is -0.751. The molecule has 1 saturated heterocycles. The van der Waals surface area contributed by atoms with Gasteiger partial charge in [0.05, 0.1) is 17.9 Å². The van der Waals surface area contributed by atoms with Crippen LogP contribution in [-0.4, -0.2) is 50.5 Å². The molecule has 2 aliphatic heterocycles. The highest BCUT2D eigenvalue weighted by atomic mass is 16.5. The van der Waals surface area contributed by atoms with Crippen molar-refractivity contribution >= 4 is 17.4 Å². The number of likely N-dealkylation sites (tertiary alicyclic amines) is 1. The monoisotopic (exact) mass is 499 g/mol. The van der Waals surface area contributed by atoms with Gasteiger partial charge in [0.1, 0.15) is 30.0 Å². The van der Waals surface area contributed by atoms with Crippen LogP contribution in [0, 0.1) is 0 Å². The van der Waals surface area contributed by atoms with E-state index in [1.54, 1.807) is 42.9 Å². The van der Waals surface area contributed by atoms with E-state index in [0.29, 0.717) is 49.4 Å². The average molecular weight is 500 g/mol. The van der Waals surface area contributed by atoms with Gasteiger partial charge in [-0.25, -0.2) is 4.98 Å². The fourth-order valence-electron chi connectivity index (χ4n) is 4.95. The Kier molecular flexibility index (Phi) is 6.81. The maximum atomic E-state index is 13.4. The van der Waals surface area contributed by atoms with E-state index >= 15 is 0 Å². The molecule has 1 N–H and O–H groups in total. The molecule has 0 spiro atoms. The van der Waals surface area contributed by atoms with Gasteiger partial charge in [-0.1, -0.05) is 24.8 Å². The number of hydrogen-bond donors (Lipinski definition) is 1. The lowest BCUT2D eigenvalue weighted by Crippen LogP contribution is -2.31. The summed E-state index contributed by atoms with van der Waals surface area (Å²) in [5, 5.41) is 11.4. The number of Topliss-reactive ketones (excluding diaryl/α,β-unsaturated/α-hetero) is 1. The van der Waals surface area contributed by atoms with Crippen LogP contribution in [0.4, 0.5) is 0 Å². The topological polar surface area (TPSA) is 93.9 Å². The van der Waals surface area contributed by atoms with Gasteiger partial charge in [0, 0.05) is 37.5 Å². The van der Waals surface area contributed by atoms with Gasteiger partial charge in [0.2, 0.25) is 0 Å². The van der Waals surface area contributed by atoms with E-state index in [9.17, 15) is 14.7 Å². The van der Waals surface area contributed by atoms with Gasteiger partial charge in [-0.3, -0.25) is 9.59 Å². The minimum Gasteiger partial charge on any atom is -0.507 e. The second-order valence-corrected chi connectivity index (χ2v) is 9.27. The second kappa shape index (κ2) is 10.3. The standard InChI is InChI=1S/C29H29N3O5/c1-3-14-36-23-7-4-6-20(17-23)26-25(27(33)21-8-9-24-22(16-21)15-19(2)37-24)28(34)29(35)32(26)12-5-11-31-13-10-30-18-31/h3-4,6-10,13,16-19,26,33H,1,5,11-12,14-15H2,2H3/t19-,26+/m1/s1. The Bertz CT molecular complexity index is 1360. The van der Waals surface area contributed by atoms with E-state index in [0.717, 1.165) is 11.3 Å². The molecule has 8 heteroatoms. The van der Waals surface area contributed by atoms with Crippen LogP contribution in [0.2, 0.25) is 0 Å². The van der Waals surface area contributed by atoms with Crippen LogP contribution in [0.3, 0.4) is 0 Å². The van der Waals surface area contributed by atoms with Gasteiger partial charge >= 0.3 is 0 Å². The first-order valence-corrected chi connectivity index (χ1v) is 12.3. The average Bonchev–Trinajstić information content (AvgIpc) is 3.61. The van der Waals surface area contributed by atoms with Gasteiger partial charge in [-0.15, -0.1) is 0 Å². The summed E-state index contributed by atoms with van der Waals surface area (Å²) in [5.74, 6) is -0.168. The van der Waals surface area contributed by atoms with Crippen LogP contribution in [0.15, 0.2) is 79.4 Å². The molecule has 1 fully saturated rings. The second-order valence-electron chi connectivity index (χ2n) is 9.27. The summed E-state index contributed by atoms with van der Waals surface area (Å²) in [4.78, 5) is 32.2. The van der Waals surface area contributed by atoms with Crippen molar-refractivity contribution in [2.45, 2.75) is 38.5 Å². The van der Waals surface area contributed by atoms with E-state index in [1.165, 1.54) is 4.90 Å². The van der Waals surface area contributed by atoms with Crippen molar-refractivity contribution in [2.24, 2.45) is 0 Å². The number of aryl methyl sites for hydroxylation is 1. The number of aromatic nitrogens is 2. The predicted molar refractivity (Wildman–Crippen MR) is 138 cm³/mol. The number of carbonyl (C=O) groups excluding carboxylic acids is 2. The quantitative estimate of drug-likeness (QED) is 0.204. The zero-order chi connectivity index (χ0) is 25.9. The van der Waals surface area contributed by atoms with Crippen molar-refractivity contribution in [1.82, 2.24) is 14.5 Å². The molecule has 1 aromatic heterocycles. The molecular formula is C29H29N3O5. The van der Waals surface area contributed by atoms with Crippen LogP contribution in [0.25, 0.3) is 5.76 Å². The molecule has 2 aromatic carbocycles. The van der Waals surface area contributed by atoms with Crippen molar-refractivity contribution in [3.63, 3.8) is 0 Å². The number of benzene rings is 2. The van der Waals surface area contributed by atoms with Crippen LogP contribution in [-0.2, 0) is 22.6 Å². The smallest absolute Gasteiger partial charge is 0.295 e. The number of rotatable bonds is 9. The third kappa shape index (κ3) is 4.87. The molecule has 0 unspecified atom stereocenters. The van der Waals surface area contributed by atoms with E-state index in [1.807, 2.05) is 35.9 Å². The van der Waals surface area contributed by atoms with Crippen molar-refractivity contribution in [3.8, 4) is 11.5 Å². The Morgan fingerprint density at radius 1 is 1.24 bits per heavy atom. The van der Waals surface area contributed by atoms with Gasteiger partial charge in [0.25, 0.3) is 11.7 Å². The first-order chi connectivity index (χ1) is 18.0. The number of amides is 1. The molecule has 0 bridgehead atoms. The molecule has 3 heterocycles. The number of fused-ring (bicyclic) bond motifs is 1. The molecule has 2 atom stereocenters. The molecule has 3 aromatic rings. The highest BCUT2D eigenvalue weighted by Gasteiger charge is 2.46. The maximum absolute atomic E-state index is 13.4. The number of hydrogen-bond acceptors (Lipinski definition) is 6. The van der Waals surface area contributed by atoms with Gasteiger partial charge in [-0.2, -0.15) is 0 Å². The van der Waals surface area contributed by atoms with Crippen LogP contribution in [0.5, 0.6) is 11.5 Å². The van der Waals surface area contributed by atoms with Crippen molar-refractivity contribution in [3.05, 3.63) is 96.1 Å². The summed E-state index contributed by atoms with van der Waals surface area (Å²) in [6.07, 6.45) is 8.28. The number of nitrogens with zero attached hydrogens (tertiary/aromatic N) is 3. The lowest BCUT2D eigenvalue weighted by atomic mass is 9.94. The van der Waals surface area contributed by atoms with Crippen molar-refractivity contribution < 1.29 is 24.2 Å². The van der Waals surface area contributed by atoms with E-state index in [4.69, 9.17) is 9.47 Å². The zero-order valence-corrected chi connectivity index (χ0v) is 20.7. The molecular weight excluding hydrogens is 470 g/mol. The van der Waals surface area contributed by atoms with E-state index in [-0.39, 0.29) is 17.4 Å².